The summed E-state index contributed by atoms with van der Waals surface area (Å²) in [6.07, 6.45) is 2.72. The van der Waals surface area contributed by atoms with Gasteiger partial charge in [0.2, 0.25) is 0 Å². The van der Waals surface area contributed by atoms with Gasteiger partial charge in [-0.15, -0.1) is 0 Å². The Morgan fingerprint density at radius 1 is 1.50 bits per heavy atom. The average molecular weight is 294 g/mol. The van der Waals surface area contributed by atoms with E-state index in [0.29, 0.717) is 0 Å². The third kappa shape index (κ3) is 2.91. The molecule has 0 saturated carbocycles. The van der Waals surface area contributed by atoms with Crippen LogP contribution in [0.25, 0.3) is 0 Å². The summed E-state index contributed by atoms with van der Waals surface area (Å²) in [7, 11) is 0. The molecule has 20 heavy (non-hydrogen) atoms. The minimum atomic E-state index is -0.791. The molecule has 0 spiro atoms. The number of hydrogen-bond donors (Lipinski definition) is 0. The summed E-state index contributed by atoms with van der Waals surface area (Å²) in [5, 5.41) is 0. The molecular weight excluding hydrogens is 282 g/mol. The monoisotopic (exact) mass is 294 g/mol. The second-order valence-corrected chi connectivity index (χ2v) is 5.14. The van der Waals surface area contributed by atoms with Crippen molar-refractivity contribution in [2.45, 2.75) is 13.5 Å². The molecule has 6 heteroatoms. The zero-order valence-corrected chi connectivity index (χ0v) is 11.6. The van der Waals surface area contributed by atoms with Crippen LogP contribution in [0.3, 0.4) is 0 Å². The van der Waals surface area contributed by atoms with Crippen molar-refractivity contribution in [3.63, 3.8) is 0 Å². The van der Waals surface area contributed by atoms with E-state index < -0.39 is 17.5 Å². The van der Waals surface area contributed by atoms with Crippen LogP contribution in [0.1, 0.15) is 10.4 Å². The van der Waals surface area contributed by atoms with Crippen LogP contribution < -0.4 is 4.90 Å². The van der Waals surface area contributed by atoms with Crippen molar-refractivity contribution >= 4 is 23.1 Å². The Kier molecular flexibility index (Phi) is 4.24. The topological polar surface area (TPSA) is 33.2 Å². The second-order valence-electron chi connectivity index (χ2n) is 4.13. The molecule has 2 aromatic rings. The molecule has 0 aliphatic rings. The van der Waals surface area contributed by atoms with Crippen molar-refractivity contribution in [2.75, 3.05) is 4.90 Å². The number of benzene rings is 1. The fraction of sp³-hybridized carbons (Fsp3) is 0.143. The van der Waals surface area contributed by atoms with Crippen LogP contribution in [-0.4, -0.2) is 10.3 Å². The Hall–Kier alpha value is -2.08. The smallest absolute Gasteiger partial charge is 0.250 e. The Labute approximate surface area is 119 Å². The highest BCUT2D eigenvalue weighted by Crippen LogP contribution is 2.24. The first-order valence-corrected chi connectivity index (χ1v) is 6.59. The van der Waals surface area contributed by atoms with Gasteiger partial charge in [-0.1, -0.05) is 6.58 Å². The molecule has 0 N–H and O–H groups in total. The minimum absolute atomic E-state index is 0.0156. The van der Waals surface area contributed by atoms with Gasteiger partial charge in [0.05, 0.1) is 12.2 Å². The summed E-state index contributed by atoms with van der Waals surface area (Å²) in [6.45, 7) is 5.43. The summed E-state index contributed by atoms with van der Waals surface area (Å²) in [5.41, 5.74) is 0.829. The quantitative estimate of drug-likeness (QED) is 0.809. The van der Waals surface area contributed by atoms with Crippen LogP contribution >= 0.6 is 11.5 Å². The Morgan fingerprint density at radius 2 is 2.25 bits per heavy atom. The minimum Gasteiger partial charge on any atom is -0.301 e. The molecule has 0 saturated heterocycles. The molecule has 0 atom stereocenters. The standard InChI is InChI=1S/C14H12F2N2OS/c1-3-14(19)18(8-10-7-17-20-9(10)2)13-5-4-11(15)6-12(13)16/h3-7H,1,8H2,2H3. The molecule has 0 radical (unpaired) electrons. The molecule has 1 heterocycles. The van der Waals surface area contributed by atoms with Gasteiger partial charge in [-0.3, -0.25) is 4.79 Å². The van der Waals surface area contributed by atoms with Gasteiger partial charge in [-0.2, -0.15) is 0 Å². The maximum Gasteiger partial charge on any atom is 0.250 e. The predicted molar refractivity (Wildman–Crippen MR) is 74.6 cm³/mol. The van der Waals surface area contributed by atoms with E-state index in [0.717, 1.165) is 28.6 Å². The highest BCUT2D eigenvalue weighted by atomic mass is 32.1. The van der Waals surface area contributed by atoms with E-state index in [1.54, 1.807) is 6.20 Å². The number of aromatic nitrogens is 1. The van der Waals surface area contributed by atoms with E-state index in [4.69, 9.17) is 0 Å². The van der Waals surface area contributed by atoms with Crippen LogP contribution in [-0.2, 0) is 11.3 Å². The van der Waals surface area contributed by atoms with Crippen LogP contribution in [0.2, 0.25) is 0 Å². The van der Waals surface area contributed by atoms with Crippen LogP contribution in [0, 0.1) is 18.6 Å². The molecule has 3 nitrogen and oxygen atoms in total. The number of halogens is 2. The SMILES string of the molecule is C=CC(=O)N(Cc1cnsc1C)c1ccc(F)cc1F. The molecule has 0 aliphatic carbocycles. The summed E-state index contributed by atoms with van der Waals surface area (Å²) in [6, 6.07) is 3.10. The number of rotatable bonds is 4. The highest BCUT2D eigenvalue weighted by Gasteiger charge is 2.19. The Bertz CT molecular complexity index is 654. The molecule has 0 aliphatic heterocycles. The average Bonchev–Trinajstić information content (AvgIpc) is 2.81. The number of hydrogen-bond acceptors (Lipinski definition) is 3. The molecule has 1 aromatic heterocycles. The van der Waals surface area contributed by atoms with Gasteiger partial charge in [0.15, 0.2) is 0 Å². The molecule has 1 aromatic carbocycles. The third-order valence-corrected chi connectivity index (χ3v) is 3.57. The zero-order chi connectivity index (χ0) is 14.7. The summed E-state index contributed by atoms with van der Waals surface area (Å²) in [5.74, 6) is -1.94. The van der Waals surface area contributed by atoms with E-state index in [1.165, 1.54) is 22.5 Å². The number of anilines is 1. The van der Waals surface area contributed by atoms with E-state index >= 15 is 0 Å². The van der Waals surface area contributed by atoms with Gasteiger partial charge in [-0.05, 0) is 36.7 Å². The number of carbonyl (C=O) groups excluding carboxylic acids is 1. The van der Waals surface area contributed by atoms with Gasteiger partial charge in [-0.25, -0.2) is 13.2 Å². The van der Waals surface area contributed by atoms with E-state index in [1.807, 2.05) is 6.92 Å². The number of amides is 1. The summed E-state index contributed by atoms with van der Waals surface area (Å²) < 4.78 is 30.8. The van der Waals surface area contributed by atoms with Gasteiger partial charge >= 0.3 is 0 Å². The first-order valence-electron chi connectivity index (χ1n) is 5.82. The maximum atomic E-state index is 13.8. The third-order valence-electron chi connectivity index (χ3n) is 2.82. The lowest BCUT2D eigenvalue weighted by atomic mass is 10.2. The van der Waals surface area contributed by atoms with E-state index in [2.05, 4.69) is 11.0 Å². The van der Waals surface area contributed by atoms with E-state index in [-0.39, 0.29) is 12.2 Å². The van der Waals surface area contributed by atoms with Gasteiger partial charge in [0.1, 0.15) is 11.6 Å². The first kappa shape index (κ1) is 14.3. The summed E-state index contributed by atoms with van der Waals surface area (Å²) >= 11 is 1.30. The molecule has 0 unspecified atom stereocenters. The van der Waals surface area contributed by atoms with Crippen molar-refractivity contribution in [2.24, 2.45) is 0 Å². The number of nitrogens with zero attached hydrogens (tertiary/aromatic N) is 2. The highest BCUT2D eigenvalue weighted by molar-refractivity contribution is 7.05. The van der Waals surface area contributed by atoms with Gasteiger partial charge in [0, 0.05) is 22.7 Å². The van der Waals surface area contributed by atoms with Crippen molar-refractivity contribution in [1.29, 1.82) is 0 Å². The van der Waals surface area contributed by atoms with Crippen molar-refractivity contribution in [1.82, 2.24) is 4.37 Å². The molecular formula is C14H12F2N2OS. The second kappa shape index (κ2) is 5.92. The fourth-order valence-corrected chi connectivity index (χ4v) is 2.31. The molecule has 0 bridgehead atoms. The van der Waals surface area contributed by atoms with Crippen molar-refractivity contribution in [3.8, 4) is 0 Å². The molecule has 2 rings (SSSR count). The van der Waals surface area contributed by atoms with Crippen molar-refractivity contribution in [3.05, 3.63) is 59.1 Å². The zero-order valence-electron chi connectivity index (χ0n) is 10.8. The van der Waals surface area contributed by atoms with Gasteiger partial charge in [0.25, 0.3) is 5.91 Å². The van der Waals surface area contributed by atoms with Crippen molar-refractivity contribution < 1.29 is 13.6 Å². The Balaban J connectivity index is 2.40. The van der Waals surface area contributed by atoms with Crippen LogP contribution in [0.5, 0.6) is 0 Å². The lowest BCUT2D eigenvalue weighted by molar-refractivity contribution is -0.114. The number of aryl methyl sites for hydroxylation is 1. The maximum absolute atomic E-state index is 13.8. The van der Waals surface area contributed by atoms with Crippen LogP contribution in [0.15, 0.2) is 37.1 Å². The number of carbonyl (C=O) groups is 1. The first-order chi connectivity index (χ1) is 9.52. The van der Waals surface area contributed by atoms with E-state index in [9.17, 15) is 13.6 Å². The molecule has 0 fully saturated rings. The predicted octanol–water partition coefficient (Wildman–Crippen LogP) is 3.45. The largest absolute Gasteiger partial charge is 0.301 e. The molecule has 104 valence electrons. The Morgan fingerprint density at radius 3 is 2.80 bits per heavy atom. The lowest BCUT2D eigenvalue weighted by Crippen LogP contribution is -2.29. The summed E-state index contributed by atoms with van der Waals surface area (Å²) in [4.78, 5) is 14.1. The normalized spacial score (nSPS) is 10.3. The van der Waals surface area contributed by atoms with Crippen LogP contribution in [0.4, 0.5) is 14.5 Å². The lowest BCUT2D eigenvalue weighted by Gasteiger charge is -2.21. The fourth-order valence-electron chi connectivity index (χ4n) is 1.73. The van der Waals surface area contributed by atoms with Gasteiger partial charge < -0.3 is 4.90 Å². The molecule has 1 amide bonds.